The Morgan fingerprint density at radius 3 is 1.81 bits per heavy atom. The molecule has 1 aliphatic rings. The Balaban J connectivity index is 2.14. The molecule has 5 nitrogen and oxygen atoms in total. The fourth-order valence-electron chi connectivity index (χ4n) is 4.24. The molecule has 0 spiro atoms. The highest BCUT2D eigenvalue weighted by atomic mass is 16.3. The highest BCUT2D eigenvalue weighted by molar-refractivity contribution is 5.98. The van der Waals surface area contributed by atoms with Gasteiger partial charge in [-0.25, -0.2) is 0 Å². The Labute approximate surface area is 164 Å². The van der Waals surface area contributed by atoms with E-state index in [1.807, 2.05) is 25.8 Å². The van der Waals surface area contributed by atoms with Gasteiger partial charge >= 0.3 is 0 Å². The third-order valence-electron chi connectivity index (χ3n) is 6.46. The summed E-state index contributed by atoms with van der Waals surface area (Å²) in [7, 11) is 1.91. The van der Waals surface area contributed by atoms with Crippen molar-refractivity contribution < 1.29 is 9.90 Å². The van der Waals surface area contributed by atoms with Gasteiger partial charge in [-0.15, -0.1) is 0 Å². The van der Waals surface area contributed by atoms with E-state index in [1.54, 1.807) is 0 Å². The molecule has 2 unspecified atom stereocenters. The minimum Gasteiger partial charge on any atom is -0.392 e. The summed E-state index contributed by atoms with van der Waals surface area (Å²) in [5.41, 5.74) is 7.30. The number of anilines is 1. The number of aliphatic hydroxyl groups is 1. The second kappa shape index (κ2) is 8.72. The summed E-state index contributed by atoms with van der Waals surface area (Å²) in [5, 5.41) is 9.57. The van der Waals surface area contributed by atoms with E-state index in [0.29, 0.717) is 6.54 Å². The van der Waals surface area contributed by atoms with Gasteiger partial charge in [0.1, 0.15) is 0 Å². The first-order valence-electron chi connectivity index (χ1n) is 10.0. The number of β-amino-alcohol motifs (C(OH)–C–C–N with tert-alkyl or cyclic N) is 1. The molecule has 152 valence electrons. The minimum absolute atomic E-state index is 0.146. The van der Waals surface area contributed by atoms with Gasteiger partial charge < -0.3 is 10.0 Å². The summed E-state index contributed by atoms with van der Waals surface area (Å²) in [5.74, 6) is 0.146. The van der Waals surface area contributed by atoms with Crippen molar-refractivity contribution in [3.05, 3.63) is 27.8 Å². The predicted octanol–water partition coefficient (Wildman–Crippen LogP) is 2.58. The van der Waals surface area contributed by atoms with E-state index in [0.717, 1.165) is 31.9 Å². The third-order valence-corrected chi connectivity index (χ3v) is 6.46. The lowest BCUT2D eigenvalue weighted by Gasteiger charge is -2.39. The van der Waals surface area contributed by atoms with Crippen LogP contribution in [0.5, 0.6) is 0 Å². The van der Waals surface area contributed by atoms with Crippen molar-refractivity contribution in [2.45, 2.75) is 60.6 Å². The van der Waals surface area contributed by atoms with Crippen molar-refractivity contribution in [3.63, 3.8) is 0 Å². The van der Waals surface area contributed by atoms with Crippen LogP contribution in [0.3, 0.4) is 0 Å². The normalized spacial score (nSPS) is 18.4. The summed E-state index contributed by atoms with van der Waals surface area (Å²) in [4.78, 5) is 19.6. The summed E-state index contributed by atoms with van der Waals surface area (Å²) >= 11 is 0. The Morgan fingerprint density at radius 1 is 0.926 bits per heavy atom. The molecular weight excluding hydrogens is 338 g/mol. The van der Waals surface area contributed by atoms with Crippen molar-refractivity contribution >= 4 is 11.6 Å². The first kappa shape index (κ1) is 21.9. The maximum Gasteiger partial charge on any atom is 0.243 e. The Morgan fingerprint density at radius 2 is 1.37 bits per heavy atom. The summed E-state index contributed by atoms with van der Waals surface area (Å²) in [6.45, 7) is 18.7. The van der Waals surface area contributed by atoms with Crippen molar-refractivity contribution in [2.24, 2.45) is 0 Å². The van der Waals surface area contributed by atoms with Crippen LogP contribution in [0.4, 0.5) is 5.69 Å². The van der Waals surface area contributed by atoms with Gasteiger partial charge in [0.05, 0.1) is 12.1 Å². The van der Waals surface area contributed by atoms with E-state index >= 15 is 0 Å². The predicted molar refractivity (Wildman–Crippen MR) is 113 cm³/mol. The number of carbonyl (C=O) groups excluding carboxylic acids is 1. The van der Waals surface area contributed by atoms with Crippen LogP contribution in [-0.2, 0) is 4.79 Å². The molecule has 0 radical (unpaired) electrons. The molecular formula is C22H37N3O2. The average molecular weight is 376 g/mol. The van der Waals surface area contributed by atoms with Crippen molar-refractivity contribution in [1.29, 1.82) is 0 Å². The lowest BCUT2D eigenvalue weighted by Crippen LogP contribution is -2.55. The molecule has 0 bridgehead atoms. The van der Waals surface area contributed by atoms with Crippen LogP contribution in [0.25, 0.3) is 0 Å². The first-order chi connectivity index (χ1) is 12.6. The van der Waals surface area contributed by atoms with Crippen molar-refractivity contribution in [1.82, 2.24) is 9.80 Å². The number of carbonyl (C=O) groups is 1. The number of rotatable bonds is 5. The monoisotopic (exact) mass is 375 g/mol. The molecule has 1 fully saturated rings. The summed E-state index contributed by atoms with van der Waals surface area (Å²) in [6.07, 6.45) is -0.305. The number of piperazine rings is 1. The molecule has 5 heteroatoms. The quantitative estimate of drug-likeness (QED) is 0.859. The lowest BCUT2D eigenvalue weighted by atomic mass is 9.92. The Kier molecular flexibility index (Phi) is 7.06. The molecule has 1 saturated heterocycles. The third kappa shape index (κ3) is 4.53. The van der Waals surface area contributed by atoms with Gasteiger partial charge in [0, 0.05) is 45.5 Å². The van der Waals surface area contributed by atoms with Gasteiger partial charge in [-0.2, -0.15) is 0 Å². The van der Waals surface area contributed by atoms with Crippen LogP contribution in [-0.4, -0.2) is 72.7 Å². The molecule has 1 aromatic rings. The minimum atomic E-state index is -0.305. The standard InChI is InChI=1S/C22H37N3O2/c1-14(26)13-24-9-11-25(12-10-24)20(7)22(27)23(8)21-18(5)16(3)15(2)17(4)19(21)6/h14,20,26H,9-13H2,1-8H3. The molecule has 2 atom stereocenters. The zero-order valence-electron chi connectivity index (χ0n) is 18.4. The van der Waals surface area contributed by atoms with Crippen LogP contribution in [0.15, 0.2) is 0 Å². The Hall–Kier alpha value is -1.43. The second-order valence-electron chi connectivity index (χ2n) is 8.23. The molecule has 1 heterocycles. The number of hydrogen-bond acceptors (Lipinski definition) is 4. The van der Waals surface area contributed by atoms with Gasteiger partial charge in [0.15, 0.2) is 0 Å². The van der Waals surface area contributed by atoms with E-state index < -0.39 is 0 Å². The fraction of sp³-hybridized carbons (Fsp3) is 0.682. The topological polar surface area (TPSA) is 47.0 Å². The molecule has 0 aromatic heterocycles. The number of nitrogens with zero attached hydrogens (tertiary/aromatic N) is 3. The van der Waals surface area contributed by atoms with E-state index in [9.17, 15) is 9.90 Å². The van der Waals surface area contributed by atoms with E-state index in [1.165, 1.54) is 27.8 Å². The van der Waals surface area contributed by atoms with E-state index in [4.69, 9.17) is 0 Å². The SMILES string of the molecule is Cc1c(C)c(C)c(N(C)C(=O)C(C)N2CCN(CC(C)O)CC2)c(C)c1C. The van der Waals surface area contributed by atoms with Gasteiger partial charge in [-0.1, -0.05) is 0 Å². The number of benzene rings is 1. The molecule has 1 aromatic carbocycles. The lowest BCUT2D eigenvalue weighted by molar-refractivity contribution is -0.123. The largest absolute Gasteiger partial charge is 0.392 e. The molecule has 0 saturated carbocycles. The van der Waals surface area contributed by atoms with E-state index in [2.05, 4.69) is 44.4 Å². The van der Waals surface area contributed by atoms with Crippen LogP contribution in [0.1, 0.15) is 41.7 Å². The zero-order valence-corrected chi connectivity index (χ0v) is 18.4. The smallest absolute Gasteiger partial charge is 0.243 e. The number of aliphatic hydroxyl groups excluding tert-OH is 1. The molecule has 2 rings (SSSR count). The van der Waals surface area contributed by atoms with Crippen LogP contribution in [0, 0.1) is 34.6 Å². The maximum atomic E-state index is 13.2. The van der Waals surface area contributed by atoms with Gasteiger partial charge in [0.25, 0.3) is 0 Å². The zero-order chi connectivity index (χ0) is 20.5. The summed E-state index contributed by atoms with van der Waals surface area (Å²) < 4.78 is 0. The maximum absolute atomic E-state index is 13.2. The van der Waals surface area contributed by atoms with Crippen molar-refractivity contribution in [3.8, 4) is 0 Å². The van der Waals surface area contributed by atoms with Crippen molar-refractivity contribution in [2.75, 3.05) is 44.7 Å². The molecule has 27 heavy (non-hydrogen) atoms. The fourth-order valence-corrected chi connectivity index (χ4v) is 4.24. The van der Waals surface area contributed by atoms with Gasteiger partial charge in [0.2, 0.25) is 5.91 Å². The van der Waals surface area contributed by atoms with Crippen LogP contribution >= 0.6 is 0 Å². The first-order valence-corrected chi connectivity index (χ1v) is 10.0. The van der Waals surface area contributed by atoms with Crippen LogP contribution in [0.2, 0.25) is 0 Å². The highest BCUT2D eigenvalue weighted by Crippen LogP contribution is 2.33. The summed E-state index contributed by atoms with van der Waals surface area (Å²) in [6, 6.07) is -0.149. The Bertz CT molecular complexity index is 662. The highest BCUT2D eigenvalue weighted by Gasteiger charge is 2.29. The van der Waals surface area contributed by atoms with Crippen LogP contribution < -0.4 is 4.90 Å². The van der Waals surface area contributed by atoms with Gasteiger partial charge in [-0.3, -0.25) is 14.6 Å². The molecule has 1 N–H and O–H groups in total. The number of hydrogen-bond donors (Lipinski definition) is 1. The molecule has 0 aliphatic carbocycles. The van der Waals surface area contributed by atoms with Gasteiger partial charge in [-0.05, 0) is 76.3 Å². The molecule has 1 aliphatic heterocycles. The number of amides is 1. The average Bonchev–Trinajstić information content (AvgIpc) is 2.63. The number of likely N-dealkylation sites (N-methyl/N-ethyl adjacent to an activating group) is 1. The molecule has 1 amide bonds. The second-order valence-corrected chi connectivity index (χ2v) is 8.23. The van der Waals surface area contributed by atoms with E-state index in [-0.39, 0.29) is 18.1 Å².